The summed E-state index contributed by atoms with van der Waals surface area (Å²) in [6.07, 6.45) is 1.91. The Morgan fingerprint density at radius 2 is 1.95 bits per heavy atom. The highest BCUT2D eigenvalue weighted by molar-refractivity contribution is 6.30. The van der Waals surface area contributed by atoms with Crippen LogP contribution in [0.4, 0.5) is 0 Å². The van der Waals surface area contributed by atoms with Crippen LogP contribution in [-0.2, 0) is 0 Å². The van der Waals surface area contributed by atoms with Gasteiger partial charge in [-0.15, -0.1) is 0 Å². The molecule has 0 bridgehead atoms. The van der Waals surface area contributed by atoms with Crippen LogP contribution >= 0.6 is 11.6 Å². The van der Waals surface area contributed by atoms with E-state index < -0.39 is 0 Å². The molecule has 0 spiro atoms. The first-order chi connectivity index (χ1) is 10.5. The molecule has 3 rings (SSSR count). The zero-order valence-electron chi connectivity index (χ0n) is 13.1. The number of rotatable bonds is 3. The Kier molecular flexibility index (Phi) is 3.94. The molecule has 3 aromatic rings. The maximum atomic E-state index is 6.16. The lowest BCUT2D eigenvalue weighted by Gasteiger charge is -2.12. The zero-order chi connectivity index (χ0) is 15.9. The van der Waals surface area contributed by atoms with Gasteiger partial charge >= 0.3 is 0 Å². The summed E-state index contributed by atoms with van der Waals surface area (Å²) in [5, 5.41) is 0.696. The van der Waals surface area contributed by atoms with Crippen molar-refractivity contribution in [2.45, 2.75) is 26.7 Å². The van der Waals surface area contributed by atoms with Crippen LogP contribution in [0.1, 0.15) is 29.7 Å². The molecule has 3 nitrogen and oxygen atoms in total. The second-order valence-corrected chi connectivity index (χ2v) is 6.29. The van der Waals surface area contributed by atoms with E-state index in [0.29, 0.717) is 11.6 Å². The van der Waals surface area contributed by atoms with Gasteiger partial charge in [0.1, 0.15) is 5.65 Å². The van der Waals surface area contributed by atoms with E-state index >= 15 is 0 Å². The van der Waals surface area contributed by atoms with Gasteiger partial charge in [-0.25, -0.2) is 4.98 Å². The average Bonchev–Trinajstić information content (AvgIpc) is 2.87. The molecule has 2 aromatic heterocycles. The van der Waals surface area contributed by atoms with Gasteiger partial charge < -0.3 is 10.1 Å². The van der Waals surface area contributed by atoms with Crippen molar-refractivity contribution in [3.63, 3.8) is 0 Å². The van der Waals surface area contributed by atoms with Crippen molar-refractivity contribution in [2.24, 2.45) is 5.73 Å². The topological polar surface area (TPSA) is 43.3 Å². The second kappa shape index (κ2) is 5.75. The molecule has 0 amide bonds. The molecule has 114 valence electrons. The van der Waals surface area contributed by atoms with Crippen molar-refractivity contribution in [2.75, 3.05) is 6.54 Å². The Hall–Kier alpha value is -1.84. The minimum Gasteiger partial charge on any atom is -0.330 e. The predicted molar refractivity (Wildman–Crippen MR) is 92.6 cm³/mol. The molecule has 0 aliphatic heterocycles. The number of hydrogen-bond acceptors (Lipinski definition) is 2. The first kappa shape index (κ1) is 15.1. The van der Waals surface area contributed by atoms with Crippen LogP contribution in [0.15, 0.2) is 36.5 Å². The Bertz CT molecular complexity index is 836. The number of nitrogens with two attached hydrogens (primary N) is 1. The highest BCUT2D eigenvalue weighted by Gasteiger charge is 2.19. The van der Waals surface area contributed by atoms with Crippen molar-refractivity contribution in [1.82, 2.24) is 9.38 Å². The van der Waals surface area contributed by atoms with Gasteiger partial charge in [0.05, 0.1) is 16.4 Å². The third-order valence-corrected chi connectivity index (χ3v) is 4.44. The number of aromatic nitrogens is 2. The van der Waals surface area contributed by atoms with Gasteiger partial charge in [-0.1, -0.05) is 30.7 Å². The normalized spacial score (nSPS) is 12.8. The van der Waals surface area contributed by atoms with Crippen LogP contribution in [0.5, 0.6) is 0 Å². The Morgan fingerprint density at radius 1 is 1.18 bits per heavy atom. The predicted octanol–water partition coefficient (Wildman–Crippen LogP) is 4.33. The molecule has 0 radical (unpaired) electrons. The average molecular weight is 314 g/mol. The summed E-state index contributed by atoms with van der Waals surface area (Å²) in [5.41, 5.74) is 12.6. The standard InChI is InChI=1S/C18H20ClN3/c1-11-4-5-14(8-12(11)2)17-18(13(3)9-20)22-10-15(19)6-7-16(22)21-17/h4-8,10,13H,9,20H2,1-3H3. The van der Waals surface area contributed by atoms with Crippen molar-refractivity contribution in [3.8, 4) is 11.3 Å². The Balaban J connectivity index is 2.30. The highest BCUT2D eigenvalue weighted by Crippen LogP contribution is 2.31. The molecule has 0 aliphatic rings. The number of imidazole rings is 1. The van der Waals surface area contributed by atoms with E-state index in [2.05, 4.69) is 43.4 Å². The van der Waals surface area contributed by atoms with Crippen LogP contribution < -0.4 is 5.73 Å². The molecule has 4 heteroatoms. The quantitative estimate of drug-likeness (QED) is 0.782. The number of benzene rings is 1. The van der Waals surface area contributed by atoms with E-state index in [9.17, 15) is 0 Å². The Labute approximate surface area is 135 Å². The van der Waals surface area contributed by atoms with E-state index in [1.54, 1.807) is 0 Å². The molecule has 1 aromatic carbocycles. The maximum absolute atomic E-state index is 6.16. The van der Waals surface area contributed by atoms with Crippen molar-refractivity contribution < 1.29 is 0 Å². The van der Waals surface area contributed by atoms with Gasteiger partial charge in [-0.3, -0.25) is 0 Å². The number of fused-ring (bicyclic) bond motifs is 1. The molecular formula is C18H20ClN3. The van der Waals surface area contributed by atoms with E-state index in [1.807, 2.05) is 18.3 Å². The molecule has 0 saturated carbocycles. The first-order valence-corrected chi connectivity index (χ1v) is 7.84. The number of halogens is 1. The lowest BCUT2D eigenvalue weighted by atomic mass is 9.99. The van der Waals surface area contributed by atoms with Crippen LogP contribution in [0, 0.1) is 13.8 Å². The monoisotopic (exact) mass is 313 g/mol. The van der Waals surface area contributed by atoms with Crippen LogP contribution in [0.2, 0.25) is 5.02 Å². The van der Waals surface area contributed by atoms with Gasteiger partial charge in [-0.2, -0.15) is 0 Å². The van der Waals surface area contributed by atoms with Gasteiger partial charge in [0.15, 0.2) is 0 Å². The number of hydrogen-bond donors (Lipinski definition) is 1. The summed E-state index contributed by atoms with van der Waals surface area (Å²) in [6, 6.07) is 10.3. The molecular weight excluding hydrogens is 294 g/mol. The van der Waals surface area contributed by atoms with Crippen LogP contribution in [0.25, 0.3) is 16.9 Å². The fourth-order valence-corrected chi connectivity index (χ4v) is 2.88. The first-order valence-electron chi connectivity index (χ1n) is 7.46. The van der Waals surface area contributed by atoms with E-state index in [1.165, 1.54) is 11.1 Å². The summed E-state index contributed by atoms with van der Waals surface area (Å²) < 4.78 is 2.06. The van der Waals surface area contributed by atoms with Crippen molar-refractivity contribution in [1.29, 1.82) is 0 Å². The summed E-state index contributed by atoms with van der Waals surface area (Å²) >= 11 is 6.16. The lowest BCUT2D eigenvalue weighted by Crippen LogP contribution is -2.12. The molecule has 1 unspecified atom stereocenters. The largest absolute Gasteiger partial charge is 0.330 e. The van der Waals surface area contributed by atoms with Crippen LogP contribution in [0.3, 0.4) is 0 Å². The zero-order valence-corrected chi connectivity index (χ0v) is 13.9. The van der Waals surface area contributed by atoms with Crippen LogP contribution in [-0.4, -0.2) is 15.9 Å². The van der Waals surface area contributed by atoms with E-state index in [4.69, 9.17) is 22.3 Å². The molecule has 2 N–H and O–H groups in total. The highest BCUT2D eigenvalue weighted by atomic mass is 35.5. The van der Waals surface area contributed by atoms with Crippen molar-refractivity contribution in [3.05, 3.63) is 58.4 Å². The summed E-state index contributed by atoms with van der Waals surface area (Å²) in [4.78, 5) is 4.81. The third-order valence-electron chi connectivity index (χ3n) is 4.22. The van der Waals surface area contributed by atoms with Crippen molar-refractivity contribution >= 4 is 17.2 Å². The fraction of sp³-hybridized carbons (Fsp3) is 0.278. The molecule has 0 aliphatic carbocycles. The fourth-order valence-electron chi connectivity index (χ4n) is 2.72. The number of nitrogens with zero attached hydrogens (tertiary/aromatic N) is 2. The lowest BCUT2D eigenvalue weighted by molar-refractivity contribution is 0.738. The van der Waals surface area contributed by atoms with E-state index in [0.717, 1.165) is 22.6 Å². The second-order valence-electron chi connectivity index (χ2n) is 5.86. The van der Waals surface area contributed by atoms with Gasteiger partial charge in [0, 0.05) is 24.2 Å². The minimum absolute atomic E-state index is 0.199. The molecule has 22 heavy (non-hydrogen) atoms. The molecule has 2 heterocycles. The SMILES string of the molecule is Cc1ccc(-c2nc3ccc(Cl)cn3c2C(C)CN)cc1C. The minimum atomic E-state index is 0.199. The molecule has 0 fully saturated rings. The maximum Gasteiger partial charge on any atom is 0.137 e. The van der Waals surface area contributed by atoms with Gasteiger partial charge in [-0.05, 0) is 43.2 Å². The molecule has 0 saturated heterocycles. The third kappa shape index (κ3) is 2.51. The Morgan fingerprint density at radius 3 is 2.64 bits per heavy atom. The summed E-state index contributed by atoms with van der Waals surface area (Å²) in [6.45, 7) is 6.93. The smallest absolute Gasteiger partial charge is 0.137 e. The summed E-state index contributed by atoms with van der Waals surface area (Å²) in [5.74, 6) is 0.199. The number of pyridine rings is 1. The van der Waals surface area contributed by atoms with E-state index in [-0.39, 0.29) is 5.92 Å². The van der Waals surface area contributed by atoms with Gasteiger partial charge in [0.2, 0.25) is 0 Å². The van der Waals surface area contributed by atoms with Gasteiger partial charge in [0.25, 0.3) is 0 Å². The number of aryl methyl sites for hydroxylation is 2. The summed E-state index contributed by atoms with van der Waals surface area (Å²) in [7, 11) is 0. The molecule has 1 atom stereocenters.